The third kappa shape index (κ3) is 7.88. The van der Waals surface area contributed by atoms with E-state index in [4.69, 9.17) is 23.2 Å². The van der Waals surface area contributed by atoms with E-state index in [1.807, 2.05) is 38.1 Å². The average Bonchev–Trinajstić information content (AvgIpc) is 2.69. The van der Waals surface area contributed by atoms with E-state index in [1.165, 1.54) is 23.1 Å². The topological polar surface area (TPSA) is 86.8 Å². The number of sulfonamides is 1. The zero-order chi connectivity index (χ0) is 24.9. The second-order valence-corrected chi connectivity index (χ2v) is 11.5. The van der Waals surface area contributed by atoms with Gasteiger partial charge in [-0.2, -0.15) is 0 Å². The lowest BCUT2D eigenvalue weighted by Crippen LogP contribution is -2.52. The van der Waals surface area contributed by atoms with Crippen LogP contribution in [0.4, 0.5) is 5.69 Å². The number of carbonyl (C=O) groups excluding carboxylic acids is 2. The van der Waals surface area contributed by atoms with Crippen LogP contribution in [0, 0.1) is 0 Å². The zero-order valence-corrected chi connectivity index (χ0v) is 22.6. The molecule has 0 aliphatic carbocycles. The van der Waals surface area contributed by atoms with Crippen molar-refractivity contribution in [2.45, 2.75) is 39.4 Å². The number of amides is 2. The van der Waals surface area contributed by atoms with Crippen molar-refractivity contribution in [3.8, 4) is 0 Å². The van der Waals surface area contributed by atoms with Crippen LogP contribution < -0.4 is 9.62 Å². The van der Waals surface area contributed by atoms with Crippen LogP contribution in [0.2, 0.25) is 10.0 Å². The molecule has 0 aromatic heterocycles. The number of anilines is 1. The van der Waals surface area contributed by atoms with Crippen molar-refractivity contribution in [2.24, 2.45) is 0 Å². The first kappa shape index (κ1) is 27.4. The second-order valence-electron chi connectivity index (χ2n) is 7.86. The summed E-state index contributed by atoms with van der Waals surface area (Å²) >= 11 is 15.6. The Morgan fingerprint density at radius 3 is 2.30 bits per heavy atom. The molecule has 0 unspecified atom stereocenters. The predicted molar refractivity (Wildman–Crippen MR) is 136 cm³/mol. The Balaban J connectivity index is 2.42. The molecule has 11 heteroatoms. The molecule has 2 aromatic carbocycles. The summed E-state index contributed by atoms with van der Waals surface area (Å²) in [5.41, 5.74) is 0.899. The number of halogens is 3. The van der Waals surface area contributed by atoms with Gasteiger partial charge in [0, 0.05) is 22.1 Å². The minimum Gasteiger partial charge on any atom is -0.352 e. The normalized spacial score (nSPS) is 12.4. The standard InChI is InChI=1S/C22H26BrCl2N3O4S/c1-14(2)26-22(30)15(3)27(12-16-6-5-7-17(23)10-16)21(29)13-28(33(4,31)32)20-9-8-18(24)11-19(20)25/h5-11,14-15H,12-13H2,1-4H3,(H,26,30)/t15-/m0/s1. The summed E-state index contributed by atoms with van der Waals surface area (Å²) in [5, 5.41) is 3.22. The number of rotatable bonds is 9. The largest absolute Gasteiger partial charge is 0.352 e. The maximum atomic E-state index is 13.4. The van der Waals surface area contributed by atoms with E-state index in [0.29, 0.717) is 5.02 Å². The van der Waals surface area contributed by atoms with Gasteiger partial charge in [-0.15, -0.1) is 0 Å². The lowest BCUT2D eigenvalue weighted by Gasteiger charge is -2.32. The molecule has 0 saturated carbocycles. The second kappa shape index (κ2) is 11.6. The molecule has 1 N–H and O–H groups in total. The highest BCUT2D eigenvalue weighted by Gasteiger charge is 2.31. The Morgan fingerprint density at radius 2 is 1.76 bits per heavy atom. The molecule has 0 fully saturated rings. The smallest absolute Gasteiger partial charge is 0.244 e. The van der Waals surface area contributed by atoms with Gasteiger partial charge in [0.1, 0.15) is 12.6 Å². The van der Waals surface area contributed by atoms with Gasteiger partial charge < -0.3 is 10.2 Å². The maximum Gasteiger partial charge on any atom is 0.244 e. The lowest BCUT2D eigenvalue weighted by molar-refractivity contribution is -0.139. The highest BCUT2D eigenvalue weighted by Crippen LogP contribution is 2.30. The molecule has 0 saturated heterocycles. The van der Waals surface area contributed by atoms with E-state index < -0.39 is 28.5 Å². The maximum absolute atomic E-state index is 13.4. The van der Waals surface area contributed by atoms with E-state index in [0.717, 1.165) is 20.6 Å². The van der Waals surface area contributed by atoms with Gasteiger partial charge in [0.05, 0.1) is 17.0 Å². The monoisotopic (exact) mass is 577 g/mol. The fourth-order valence-electron chi connectivity index (χ4n) is 3.10. The highest BCUT2D eigenvalue weighted by molar-refractivity contribution is 9.10. The van der Waals surface area contributed by atoms with E-state index in [9.17, 15) is 18.0 Å². The minimum atomic E-state index is -3.88. The van der Waals surface area contributed by atoms with Crippen LogP contribution in [0.3, 0.4) is 0 Å². The fourth-order valence-corrected chi connectivity index (χ4v) is 4.97. The van der Waals surface area contributed by atoms with Crippen LogP contribution >= 0.6 is 39.1 Å². The molecule has 0 aliphatic rings. The lowest BCUT2D eigenvalue weighted by atomic mass is 10.1. The highest BCUT2D eigenvalue weighted by atomic mass is 79.9. The number of nitrogens with one attached hydrogen (secondary N) is 1. The zero-order valence-electron chi connectivity index (χ0n) is 18.7. The summed E-state index contributed by atoms with van der Waals surface area (Å²) in [4.78, 5) is 27.5. The predicted octanol–water partition coefficient (Wildman–Crippen LogP) is 4.46. The van der Waals surface area contributed by atoms with Crippen molar-refractivity contribution >= 4 is 66.7 Å². The van der Waals surface area contributed by atoms with Crippen LogP contribution in [0.1, 0.15) is 26.3 Å². The SMILES string of the molecule is CC(C)NC(=O)[C@H](C)N(Cc1cccc(Br)c1)C(=O)CN(c1ccc(Cl)cc1Cl)S(C)(=O)=O. The van der Waals surface area contributed by atoms with Gasteiger partial charge in [0.25, 0.3) is 0 Å². The molecule has 0 heterocycles. The average molecular weight is 579 g/mol. The van der Waals surface area contributed by atoms with Crippen molar-refractivity contribution in [1.82, 2.24) is 10.2 Å². The molecule has 2 rings (SSSR count). The molecular weight excluding hydrogens is 553 g/mol. The first-order valence-corrected chi connectivity index (χ1v) is 13.5. The van der Waals surface area contributed by atoms with Gasteiger partial charge in [0.2, 0.25) is 21.8 Å². The van der Waals surface area contributed by atoms with E-state index >= 15 is 0 Å². The first-order chi connectivity index (χ1) is 15.3. The van der Waals surface area contributed by atoms with Gasteiger partial charge >= 0.3 is 0 Å². The molecule has 2 aromatic rings. The fraction of sp³-hybridized carbons (Fsp3) is 0.364. The summed E-state index contributed by atoms with van der Waals surface area (Å²) in [5.74, 6) is -0.901. The molecule has 1 atom stereocenters. The summed E-state index contributed by atoms with van der Waals surface area (Å²) in [6.45, 7) is 4.82. The van der Waals surface area contributed by atoms with Crippen molar-refractivity contribution < 1.29 is 18.0 Å². The molecule has 0 bridgehead atoms. The van der Waals surface area contributed by atoms with Gasteiger partial charge in [0.15, 0.2) is 0 Å². The Morgan fingerprint density at radius 1 is 1.09 bits per heavy atom. The van der Waals surface area contributed by atoms with Crippen molar-refractivity contribution in [3.05, 3.63) is 62.5 Å². The molecule has 0 spiro atoms. The van der Waals surface area contributed by atoms with E-state index in [-0.39, 0.29) is 29.2 Å². The minimum absolute atomic E-state index is 0.0878. The first-order valence-electron chi connectivity index (χ1n) is 10.1. The molecule has 0 radical (unpaired) electrons. The summed E-state index contributed by atoms with van der Waals surface area (Å²) < 4.78 is 26.8. The van der Waals surface area contributed by atoms with Crippen LogP contribution in [0.5, 0.6) is 0 Å². The number of carbonyl (C=O) groups is 2. The molecule has 180 valence electrons. The molecule has 2 amide bonds. The third-order valence-electron chi connectivity index (χ3n) is 4.70. The van der Waals surface area contributed by atoms with Gasteiger partial charge in [-0.05, 0) is 56.7 Å². The van der Waals surface area contributed by atoms with Gasteiger partial charge in [-0.3, -0.25) is 13.9 Å². The quantitative estimate of drug-likeness (QED) is 0.476. The summed E-state index contributed by atoms with van der Waals surface area (Å²) in [6.07, 6.45) is 0.985. The Bertz CT molecular complexity index is 1130. The van der Waals surface area contributed by atoms with Crippen LogP contribution in [0.25, 0.3) is 0 Å². The Labute approximate surface area is 213 Å². The van der Waals surface area contributed by atoms with Gasteiger partial charge in [-0.1, -0.05) is 51.3 Å². The van der Waals surface area contributed by atoms with Crippen molar-refractivity contribution in [1.29, 1.82) is 0 Å². The van der Waals surface area contributed by atoms with Crippen LogP contribution in [-0.4, -0.2) is 50.0 Å². The van der Waals surface area contributed by atoms with Gasteiger partial charge in [-0.25, -0.2) is 8.42 Å². The molecule has 0 aliphatic heterocycles. The summed E-state index contributed by atoms with van der Waals surface area (Å²) in [7, 11) is -3.88. The number of nitrogens with zero attached hydrogens (tertiary/aromatic N) is 2. The van der Waals surface area contributed by atoms with Crippen LogP contribution in [-0.2, 0) is 26.2 Å². The molecule has 7 nitrogen and oxygen atoms in total. The molecule has 33 heavy (non-hydrogen) atoms. The van der Waals surface area contributed by atoms with Crippen LogP contribution in [0.15, 0.2) is 46.9 Å². The Hall–Kier alpha value is -1.81. The third-order valence-corrected chi connectivity index (χ3v) is 6.86. The summed E-state index contributed by atoms with van der Waals surface area (Å²) in [6, 6.07) is 10.7. The van der Waals surface area contributed by atoms with E-state index in [1.54, 1.807) is 6.92 Å². The van der Waals surface area contributed by atoms with Crippen molar-refractivity contribution in [3.63, 3.8) is 0 Å². The number of benzene rings is 2. The molecular formula is C22H26BrCl2N3O4S. The number of hydrogen-bond donors (Lipinski definition) is 1. The van der Waals surface area contributed by atoms with Crippen molar-refractivity contribution in [2.75, 3.05) is 17.1 Å². The van der Waals surface area contributed by atoms with E-state index in [2.05, 4.69) is 21.2 Å². The number of hydrogen-bond acceptors (Lipinski definition) is 4. The Kier molecular flexibility index (Phi) is 9.60.